The lowest BCUT2D eigenvalue weighted by molar-refractivity contribution is 0.0530. The third-order valence-electron chi connectivity index (χ3n) is 5.73. The first-order chi connectivity index (χ1) is 15.3. The summed E-state index contributed by atoms with van der Waals surface area (Å²) < 4.78 is 22.5. The molecular weight excluding hydrogens is 394 g/mol. The van der Waals surface area contributed by atoms with Crippen molar-refractivity contribution < 1.29 is 18.9 Å². The molecule has 0 spiro atoms. The quantitative estimate of drug-likeness (QED) is 0.385. The number of nitrogens with zero attached hydrogens (tertiary/aromatic N) is 1. The molecule has 2 aliphatic rings. The number of para-hydroxylation sites is 1. The van der Waals surface area contributed by atoms with Crippen LogP contribution in [0.3, 0.4) is 0 Å². The van der Waals surface area contributed by atoms with Gasteiger partial charge >= 0.3 is 0 Å². The van der Waals surface area contributed by atoms with E-state index in [9.17, 15) is 0 Å². The molecule has 0 bridgehead atoms. The molecular formula is C24H31N3O4. The van der Waals surface area contributed by atoms with Gasteiger partial charge in [0.15, 0.2) is 17.5 Å². The molecule has 0 aromatic heterocycles. The predicted octanol–water partition coefficient (Wildman–Crippen LogP) is 3.10. The van der Waals surface area contributed by atoms with E-state index in [1.54, 1.807) is 0 Å². The Labute approximate surface area is 183 Å². The number of hydrogen-bond donors (Lipinski definition) is 2. The van der Waals surface area contributed by atoms with Crippen LogP contribution < -0.4 is 24.8 Å². The van der Waals surface area contributed by atoms with Crippen molar-refractivity contribution in [3.8, 4) is 17.2 Å². The maximum absolute atomic E-state index is 5.77. The third kappa shape index (κ3) is 5.41. The predicted molar refractivity (Wildman–Crippen MR) is 120 cm³/mol. The van der Waals surface area contributed by atoms with Gasteiger partial charge in [0.1, 0.15) is 12.4 Å². The Kier molecular flexibility index (Phi) is 7.14. The standard InChI is InChI=1S/C24H31N3O4/c1-2-25-23(26-12-15-29-20-6-4-3-5-7-20)27-17-24(10-13-28-14-11-24)19-8-9-21-22(16-19)31-18-30-21/h3-9,16H,2,10-15,17-18H2,1H3,(H2,25,26,27). The number of fused-ring (bicyclic) bond motifs is 1. The molecule has 0 unspecified atom stereocenters. The van der Waals surface area contributed by atoms with Gasteiger partial charge in [-0.05, 0) is 49.6 Å². The largest absolute Gasteiger partial charge is 0.492 e. The Morgan fingerprint density at radius 3 is 2.65 bits per heavy atom. The number of rotatable bonds is 8. The lowest BCUT2D eigenvalue weighted by Gasteiger charge is -2.36. The van der Waals surface area contributed by atoms with Crippen molar-refractivity contribution in [1.82, 2.24) is 10.6 Å². The van der Waals surface area contributed by atoms with Crippen molar-refractivity contribution in [2.75, 3.05) is 46.2 Å². The summed E-state index contributed by atoms with van der Waals surface area (Å²) in [5, 5.41) is 6.72. The number of ether oxygens (including phenoxy) is 4. The van der Waals surface area contributed by atoms with Gasteiger partial charge in [0, 0.05) is 25.2 Å². The number of aliphatic imine (C=N–C) groups is 1. The minimum Gasteiger partial charge on any atom is -0.492 e. The Hall–Kier alpha value is -2.93. The second-order valence-electron chi connectivity index (χ2n) is 7.74. The fourth-order valence-corrected chi connectivity index (χ4v) is 3.95. The van der Waals surface area contributed by atoms with Gasteiger partial charge < -0.3 is 29.6 Å². The maximum Gasteiger partial charge on any atom is 0.231 e. The number of benzene rings is 2. The summed E-state index contributed by atoms with van der Waals surface area (Å²) in [6.07, 6.45) is 1.85. The van der Waals surface area contributed by atoms with Gasteiger partial charge in [-0.1, -0.05) is 24.3 Å². The minimum atomic E-state index is -0.0812. The fourth-order valence-electron chi connectivity index (χ4n) is 3.95. The molecule has 166 valence electrons. The van der Waals surface area contributed by atoms with Crippen LogP contribution in [0.2, 0.25) is 0 Å². The van der Waals surface area contributed by atoms with Crippen molar-refractivity contribution in [3.63, 3.8) is 0 Å². The Balaban J connectivity index is 1.42. The van der Waals surface area contributed by atoms with Crippen molar-refractivity contribution in [2.24, 2.45) is 4.99 Å². The van der Waals surface area contributed by atoms with Gasteiger partial charge in [0.2, 0.25) is 6.79 Å². The molecule has 2 aromatic carbocycles. The zero-order valence-electron chi connectivity index (χ0n) is 18.1. The lowest BCUT2D eigenvalue weighted by atomic mass is 9.74. The van der Waals surface area contributed by atoms with E-state index >= 15 is 0 Å². The van der Waals surface area contributed by atoms with Crippen molar-refractivity contribution in [2.45, 2.75) is 25.2 Å². The average molecular weight is 426 g/mol. The van der Waals surface area contributed by atoms with E-state index < -0.39 is 0 Å². The van der Waals surface area contributed by atoms with Crippen LogP contribution in [0.25, 0.3) is 0 Å². The van der Waals surface area contributed by atoms with Crippen LogP contribution in [0, 0.1) is 0 Å². The zero-order valence-corrected chi connectivity index (χ0v) is 18.1. The molecule has 0 atom stereocenters. The van der Waals surface area contributed by atoms with E-state index in [1.807, 2.05) is 36.4 Å². The van der Waals surface area contributed by atoms with Crippen LogP contribution >= 0.6 is 0 Å². The van der Waals surface area contributed by atoms with E-state index in [2.05, 4.69) is 29.7 Å². The van der Waals surface area contributed by atoms with Gasteiger partial charge in [-0.3, -0.25) is 4.99 Å². The molecule has 2 aromatic rings. The van der Waals surface area contributed by atoms with Gasteiger partial charge in [0.05, 0.1) is 13.1 Å². The molecule has 1 fully saturated rings. The highest BCUT2D eigenvalue weighted by molar-refractivity contribution is 5.79. The van der Waals surface area contributed by atoms with Crippen molar-refractivity contribution in [3.05, 3.63) is 54.1 Å². The van der Waals surface area contributed by atoms with Gasteiger partial charge in [-0.15, -0.1) is 0 Å². The molecule has 31 heavy (non-hydrogen) atoms. The Morgan fingerprint density at radius 1 is 1.03 bits per heavy atom. The van der Waals surface area contributed by atoms with E-state index in [0.717, 1.165) is 55.8 Å². The molecule has 0 saturated carbocycles. The fraction of sp³-hybridized carbons (Fsp3) is 0.458. The summed E-state index contributed by atoms with van der Waals surface area (Å²) >= 11 is 0. The SMILES string of the molecule is CCNC(=NCC1(c2ccc3c(c2)OCO3)CCOCC1)NCCOc1ccccc1. The normalized spacial score (nSPS) is 17.3. The minimum absolute atomic E-state index is 0.0812. The van der Waals surface area contributed by atoms with E-state index in [0.29, 0.717) is 19.7 Å². The highest BCUT2D eigenvalue weighted by atomic mass is 16.7. The van der Waals surface area contributed by atoms with Crippen LogP contribution in [0.4, 0.5) is 0 Å². The van der Waals surface area contributed by atoms with Crippen LogP contribution in [-0.2, 0) is 10.2 Å². The van der Waals surface area contributed by atoms with Crippen LogP contribution in [0.15, 0.2) is 53.5 Å². The summed E-state index contributed by atoms with van der Waals surface area (Å²) in [6, 6.07) is 16.1. The van der Waals surface area contributed by atoms with Gasteiger partial charge in [-0.2, -0.15) is 0 Å². The summed E-state index contributed by atoms with van der Waals surface area (Å²) in [4.78, 5) is 4.94. The molecule has 2 heterocycles. The number of nitrogens with one attached hydrogen (secondary N) is 2. The second-order valence-corrected chi connectivity index (χ2v) is 7.74. The van der Waals surface area contributed by atoms with Crippen LogP contribution in [0.1, 0.15) is 25.3 Å². The molecule has 0 aliphatic carbocycles. The maximum atomic E-state index is 5.77. The van der Waals surface area contributed by atoms with Crippen molar-refractivity contribution in [1.29, 1.82) is 0 Å². The van der Waals surface area contributed by atoms with Gasteiger partial charge in [-0.25, -0.2) is 0 Å². The molecule has 2 N–H and O–H groups in total. The third-order valence-corrected chi connectivity index (χ3v) is 5.73. The smallest absolute Gasteiger partial charge is 0.231 e. The first-order valence-electron chi connectivity index (χ1n) is 11.0. The van der Waals surface area contributed by atoms with Crippen molar-refractivity contribution >= 4 is 5.96 Å². The second kappa shape index (κ2) is 10.4. The number of hydrogen-bond acceptors (Lipinski definition) is 5. The van der Waals surface area contributed by atoms with Crippen LogP contribution in [0.5, 0.6) is 17.2 Å². The summed E-state index contributed by atoms with van der Waals surface area (Å²) in [5.41, 5.74) is 1.15. The molecule has 0 amide bonds. The monoisotopic (exact) mass is 425 g/mol. The average Bonchev–Trinajstić information content (AvgIpc) is 3.29. The van der Waals surface area contributed by atoms with Gasteiger partial charge in [0.25, 0.3) is 0 Å². The lowest BCUT2D eigenvalue weighted by Crippen LogP contribution is -2.42. The molecule has 4 rings (SSSR count). The topological polar surface area (TPSA) is 73.3 Å². The van der Waals surface area contributed by atoms with Crippen LogP contribution in [-0.4, -0.2) is 52.2 Å². The molecule has 0 radical (unpaired) electrons. The highest BCUT2D eigenvalue weighted by Gasteiger charge is 2.35. The summed E-state index contributed by atoms with van der Waals surface area (Å²) in [6.45, 7) is 6.52. The Bertz CT molecular complexity index is 866. The number of guanidine groups is 1. The van der Waals surface area contributed by atoms with E-state index in [4.69, 9.17) is 23.9 Å². The summed E-state index contributed by atoms with van der Waals surface area (Å²) in [5.74, 6) is 3.29. The molecule has 1 saturated heterocycles. The molecule has 2 aliphatic heterocycles. The van der Waals surface area contributed by atoms with E-state index in [-0.39, 0.29) is 12.2 Å². The highest BCUT2D eigenvalue weighted by Crippen LogP contribution is 2.41. The molecule has 7 nitrogen and oxygen atoms in total. The zero-order chi connectivity index (χ0) is 21.4. The Morgan fingerprint density at radius 2 is 1.84 bits per heavy atom. The first kappa shape index (κ1) is 21.3. The molecule has 7 heteroatoms. The summed E-state index contributed by atoms with van der Waals surface area (Å²) in [7, 11) is 0. The first-order valence-corrected chi connectivity index (χ1v) is 11.0. The van der Waals surface area contributed by atoms with E-state index in [1.165, 1.54) is 5.56 Å².